The van der Waals surface area contributed by atoms with E-state index in [0.717, 1.165) is 42.5 Å². The third-order valence-electron chi connectivity index (χ3n) is 6.91. The van der Waals surface area contributed by atoms with Gasteiger partial charge in [-0.25, -0.2) is 21.6 Å². The van der Waals surface area contributed by atoms with Crippen molar-refractivity contribution in [2.75, 3.05) is 0 Å². The number of sulfone groups is 1. The van der Waals surface area contributed by atoms with Crippen LogP contribution in [0.3, 0.4) is 0 Å². The maximum Gasteiger partial charge on any atom is 0.430 e. The Morgan fingerprint density at radius 1 is 0.744 bits per heavy atom. The molecule has 0 saturated heterocycles. The number of halogens is 9. The fourth-order valence-corrected chi connectivity index (χ4v) is 6.86. The molecule has 1 fully saturated rings. The molecule has 0 radical (unpaired) electrons. The van der Waals surface area contributed by atoms with Crippen molar-refractivity contribution in [2.24, 2.45) is 0 Å². The third kappa shape index (κ3) is 4.69. The molecule has 3 nitrogen and oxygen atoms in total. The number of rotatable bonds is 7. The van der Waals surface area contributed by atoms with Gasteiger partial charge in [0, 0.05) is 11.1 Å². The molecular formula is C26H19F9O3S. The Hall–Kier alpha value is -3.06. The molecule has 0 unspecified atom stereocenters. The largest absolute Gasteiger partial charge is 0.430 e. The van der Waals surface area contributed by atoms with Crippen LogP contribution in [0.15, 0.2) is 71.6 Å². The Morgan fingerprint density at radius 3 is 1.69 bits per heavy atom. The first-order valence-electron chi connectivity index (χ1n) is 11.4. The second kappa shape index (κ2) is 9.84. The fourth-order valence-electron chi connectivity index (χ4n) is 4.64. The first-order chi connectivity index (χ1) is 18.1. The highest BCUT2D eigenvalue weighted by Gasteiger charge is 2.73. The van der Waals surface area contributed by atoms with Crippen LogP contribution in [-0.4, -0.2) is 20.8 Å². The van der Waals surface area contributed by atoms with Crippen LogP contribution in [0.5, 0.6) is 0 Å². The normalized spacial score (nSPS) is 16.1. The number of benzene rings is 3. The van der Waals surface area contributed by atoms with E-state index in [9.17, 15) is 47.9 Å². The predicted octanol–water partition coefficient (Wildman–Crippen LogP) is 7.49. The van der Waals surface area contributed by atoms with Crippen LogP contribution in [0, 0.1) is 17.5 Å². The van der Waals surface area contributed by atoms with Crippen LogP contribution in [0.1, 0.15) is 36.0 Å². The van der Waals surface area contributed by atoms with Crippen molar-refractivity contribution in [2.45, 2.75) is 53.5 Å². The third-order valence-corrected chi connectivity index (χ3v) is 9.48. The van der Waals surface area contributed by atoms with Gasteiger partial charge in [0.2, 0.25) is 0 Å². The monoisotopic (exact) mass is 582 g/mol. The zero-order valence-corrected chi connectivity index (χ0v) is 20.5. The van der Waals surface area contributed by atoms with Gasteiger partial charge in [-0.2, -0.15) is 26.3 Å². The predicted molar refractivity (Wildman–Crippen MR) is 120 cm³/mol. The molecule has 210 valence electrons. The molecule has 1 aliphatic rings. The first kappa shape index (κ1) is 28.9. The number of hydrogen-bond acceptors (Lipinski definition) is 3. The highest BCUT2D eigenvalue weighted by Crippen LogP contribution is 2.55. The average Bonchev–Trinajstić information content (AvgIpc) is 2.79. The van der Waals surface area contributed by atoms with Crippen molar-refractivity contribution < 1.29 is 52.7 Å². The second-order valence-electron chi connectivity index (χ2n) is 9.05. The van der Waals surface area contributed by atoms with Crippen LogP contribution in [0.2, 0.25) is 0 Å². The zero-order valence-electron chi connectivity index (χ0n) is 19.7. The Bertz CT molecular complexity index is 1410. The summed E-state index contributed by atoms with van der Waals surface area (Å²) in [5.74, 6) is -3.50. The summed E-state index contributed by atoms with van der Waals surface area (Å²) in [4.78, 5) is -0.261. The quantitative estimate of drug-likeness (QED) is 0.214. The van der Waals surface area contributed by atoms with E-state index >= 15 is 0 Å². The van der Waals surface area contributed by atoms with Crippen LogP contribution in [-0.2, 0) is 31.5 Å². The molecule has 0 aliphatic heterocycles. The summed E-state index contributed by atoms with van der Waals surface area (Å²) in [5, 5.41) is 0. The highest BCUT2D eigenvalue weighted by molar-refractivity contribution is 7.92. The van der Waals surface area contributed by atoms with Gasteiger partial charge < -0.3 is 4.74 Å². The molecule has 0 bridgehead atoms. The Labute approximate surface area is 217 Å². The molecule has 13 heteroatoms. The van der Waals surface area contributed by atoms with Gasteiger partial charge in [-0.1, -0.05) is 30.3 Å². The van der Waals surface area contributed by atoms with Gasteiger partial charge >= 0.3 is 12.4 Å². The minimum Gasteiger partial charge on any atom is -0.349 e. The smallest absolute Gasteiger partial charge is 0.349 e. The zero-order chi connectivity index (χ0) is 28.9. The van der Waals surface area contributed by atoms with Crippen molar-refractivity contribution in [1.82, 2.24) is 0 Å². The SMILES string of the molecule is O=S(=O)(c1ccc(F)cc1)C1(c2ccc(C(OCc3c(F)cccc3F)(C(F)(F)F)C(F)(F)F)cc2)CCC1. The fraction of sp³-hybridized carbons (Fsp3) is 0.308. The number of hydrogen-bond donors (Lipinski definition) is 0. The van der Waals surface area contributed by atoms with Crippen LogP contribution < -0.4 is 0 Å². The summed E-state index contributed by atoms with van der Waals surface area (Å²) in [7, 11) is -4.22. The van der Waals surface area contributed by atoms with Gasteiger partial charge in [-0.15, -0.1) is 0 Å². The van der Waals surface area contributed by atoms with Crippen molar-refractivity contribution in [3.63, 3.8) is 0 Å². The standard InChI is InChI=1S/C26H19F9O3S/c27-18-9-11-19(12-10-18)39(36,37)23(13-2-14-23)16-5-7-17(8-6-16)24(25(30,31)32,26(33,34)35)38-15-20-21(28)3-1-4-22(20)29/h1,3-12H,2,13-15H2. The molecule has 1 saturated carbocycles. The number of ether oxygens (including phenoxy) is 1. The summed E-state index contributed by atoms with van der Waals surface area (Å²) >= 11 is 0. The lowest BCUT2D eigenvalue weighted by Crippen LogP contribution is -2.56. The highest BCUT2D eigenvalue weighted by atomic mass is 32.2. The van der Waals surface area contributed by atoms with E-state index in [4.69, 9.17) is 0 Å². The van der Waals surface area contributed by atoms with Gasteiger partial charge in [0.1, 0.15) is 22.2 Å². The van der Waals surface area contributed by atoms with E-state index in [2.05, 4.69) is 4.74 Å². The van der Waals surface area contributed by atoms with Crippen LogP contribution in [0.4, 0.5) is 39.5 Å². The van der Waals surface area contributed by atoms with Gasteiger partial charge in [0.15, 0.2) is 9.84 Å². The summed E-state index contributed by atoms with van der Waals surface area (Å²) in [6.45, 7) is -1.71. The second-order valence-corrected chi connectivity index (χ2v) is 11.3. The van der Waals surface area contributed by atoms with Gasteiger partial charge in [-0.05, 0) is 61.2 Å². The molecule has 1 aliphatic carbocycles. The maximum atomic E-state index is 14.2. The first-order valence-corrected chi connectivity index (χ1v) is 12.9. The Morgan fingerprint density at radius 2 is 1.26 bits per heavy atom. The summed E-state index contributed by atoms with van der Waals surface area (Å²) in [6, 6.07) is 8.59. The van der Waals surface area contributed by atoms with Crippen molar-refractivity contribution >= 4 is 9.84 Å². The lowest BCUT2D eigenvalue weighted by atomic mass is 9.78. The van der Waals surface area contributed by atoms with Crippen molar-refractivity contribution in [3.8, 4) is 0 Å². The number of alkyl halides is 6. The molecule has 0 amide bonds. The van der Waals surface area contributed by atoms with Gasteiger partial charge in [0.05, 0.1) is 11.5 Å². The maximum absolute atomic E-state index is 14.2. The molecule has 0 atom stereocenters. The summed E-state index contributed by atoms with van der Waals surface area (Å²) in [5.41, 5.74) is -7.65. The van der Waals surface area contributed by atoms with E-state index < -0.39 is 67.7 Å². The topological polar surface area (TPSA) is 43.4 Å². The van der Waals surface area contributed by atoms with Gasteiger partial charge in [-0.3, -0.25) is 0 Å². The molecule has 0 heterocycles. The van der Waals surface area contributed by atoms with E-state index in [1.807, 2.05) is 0 Å². The molecule has 0 N–H and O–H groups in total. The van der Waals surface area contributed by atoms with E-state index in [-0.39, 0.29) is 23.3 Å². The molecule has 0 aromatic heterocycles. The molecular weight excluding hydrogens is 563 g/mol. The minimum atomic E-state index is -6.14. The van der Waals surface area contributed by atoms with E-state index in [1.54, 1.807) is 0 Å². The van der Waals surface area contributed by atoms with Crippen molar-refractivity contribution in [3.05, 3.63) is 101 Å². The molecule has 0 spiro atoms. The average molecular weight is 582 g/mol. The lowest BCUT2D eigenvalue weighted by Gasteiger charge is -2.42. The van der Waals surface area contributed by atoms with Crippen molar-refractivity contribution in [1.29, 1.82) is 0 Å². The van der Waals surface area contributed by atoms with E-state index in [0.29, 0.717) is 30.7 Å². The Kier molecular flexibility index (Phi) is 7.30. The molecule has 39 heavy (non-hydrogen) atoms. The van der Waals surface area contributed by atoms with Gasteiger partial charge in [0.25, 0.3) is 5.60 Å². The summed E-state index contributed by atoms with van der Waals surface area (Å²) < 4.78 is 156. The molecule has 4 rings (SSSR count). The molecule has 3 aromatic carbocycles. The summed E-state index contributed by atoms with van der Waals surface area (Å²) in [6.07, 6.45) is -11.8. The minimum absolute atomic E-state index is 0.0266. The Balaban J connectivity index is 1.79. The lowest BCUT2D eigenvalue weighted by molar-refractivity contribution is -0.392. The molecule has 3 aromatic rings. The van der Waals surface area contributed by atoms with Crippen LogP contribution >= 0.6 is 0 Å². The van der Waals surface area contributed by atoms with Crippen LogP contribution in [0.25, 0.3) is 0 Å². The van der Waals surface area contributed by atoms with E-state index in [1.165, 1.54) is 0 Å².